The van der Waals surface area contributed by atoms with Crippen LogP contribution in [0.25, 0.3) is 0 Å². The zero-order chi connectivity index (χ0) is 12.2. The van der Waals surface area contributed by atoms with Gasteiger partial charge >= 0.3 is 0 Å². The lowest BCUT2D eigenvalue weighted by Crippen LogP contribution is -2.30. The van der Waals surface area contributed by atoms with Crippen molar-refractivity contribution in [3.63, 3.8) is 0 Å². The smallest absolute Gasteiger partial charge is 0.246 e. The summed E-state index contributed by atoms with van der Waals surface area (Å²) in [5.41, 5.74) is 4.50. The summed E-state index contributed by atoms with van der Waals surface area (Å²) in [6.07, 6.45) is 1.18. The Hall–Kier alpha value is -1.35. The molecule has 1 saturated carbocycles. The third-order valence-corrected chi connectivity index (χ3v) is 3.96. The van der Waals surface area contributed by atoms with E-state index < -0.39 is 0 Å². The summed E-state index contributed by atoms with van der Waals surface area (Å²) in [6, 6.07) is 4.52. The normalized spacial score (nSPS) is 30.1. The molecule has 3 rings (SSSR count). The Kier molecular flexibility index (Phi) is 2.26. The molecule has 1 aromatic rings. The lowest BCUT2D eigenvalue weighted by Gasteiger charge is -2.13. The Balaban J connectivity index is 1.97. The largest absolute Gasteiger partial charge is 0.324 e. The predicted octanol–water partition coefficient (Wildman–Crippen LogP) is 2.29. The minimum atomic E-state index is -0.153. The Morgan fingerprint density at radius 2 is 1.94 bits per heavy atom. The fourth-order valence-corrected chi connectivity index (χ4v) is 2.62. The number of benzene rings is 1. The highest BCUT2D eigenvalue weighted by Gasteiger charge is 2.40. The van der Waals surface area contributed by atoms with Crippen LogP contribution in [0.15, 0.2) is 12.1 Å². The van der Waals surface area contributed by atoms with E-state index in [9.17, 15) is 4.79 Å². The molecule has 0 bridgehead atoms. The first-order chi connectivity index (χ1) is 8.08. The molecule has 0 saturated heterocycles. The van der Waals surface area contributed by atoms with Crippen molar-refractivity contribution in [1.29, 1.82) is 0 Å². The van der Waals surface area contributed by atoms with Gasteiger partial charge in [0, 0.05) is 17.3 Å². The van der Waals surface area contributed by atoms with Crippen molar-refractivity contribution in [2.24, 2.45) is 5.92 Å². The van der Waals surface area contributed by atoms with Crippen molar-refractivity contribution in [3.05, 3.63) is 28.8 Å². The van der Waals surface area contributed by atoms with Crippen LogP contribution in [0.3, 0.4) is 0 Å². The standard InChI is InChI=1S/C14H18N2O/c1-7-4-5-8(2)12-11(7)13(14(17)16-12)15-10-6-9(10)3/h4-5,9-10,13,15H,6H2,1-3H3,(H,16,17). The van der Waals surface area contributed by atoms with Crippen LogP contribution in [0.4, 0.5) is 5.69 Å². The Labute approximate surface area is 102 Å². The number of anilines is 1. The molecule has 2 N–H and O–H groups in total. The summed E-state index contributed by atoms with van der Waals surface area (Å²) in [7, 11) is 0. The van der Waals surface area contributed by atoms with Crippen LogP contribution in [0, 0.1) is 19.8 Å². The molecule has 0 radical (unpaired) electrons. The molecule has 90 valence electrons. The van der Waals surface area contributed by atoms with Gasteiger partial charge in [0.15, 0.2) is 0 Å². The van der Waals surface area contributed by atoms with Crippen molar-refractivity contribution in [3.8, 4) is 0 Å². The van der Waals surface area contributed by atoms with Crippen LogP contribution in [-0.2, 0) is 4.79 Å². The van der Waals surface area contributed by atoms with E-state index >= 15 is 0 Å². The number of fused-ring (bicyclic) bond motifs is 1. The van der Waals surface area contributed by atoms with Crippen molar-refractivity contribution in [2.75, 3.05) is 5.32 Å². The highest BCUT2D eigenvalue weighted by Crippen LogP contribution is 2.39. The second-order valence-corrected chi connectivity index (χ2v) is 5.40. The van der Waals surface area contributed by atoms with E-state index in [1.54, 1.807) is 0 Å². The molecule has 1 fully saturated rings. The fraction of sp³-hybridized carbons (Fsp3) is 0.500. The van der Waals surface area contributed by atoms with Crippen LogP contribution in [0.5, 0.6) is 0 Å². The molecule has 0 aromatic heterocycles. The predicted molar refractivity (Wildman–Crippen MR) is 68.0 cm³/mol. The molecule has 1 aliphatic heterocycles. The van der Waals surface area contributed by atoms with E-state index in [0.717, 1.165) is 16.8 Å². The third kappa shape index (κ3) is 1.65. The molecular weight excluding hydrogens is 212 g/mol. The Bertz CT molecular complexity index is 495. The zero-order valence-electron chi connectivity index (χ0n) is 10.5. The molecule has 3 nitrogen and oxygen atoms in total. The van der Waals surface area contributed by atoms with Gasteiger partial charge in [-0.15, -0.1) is 0 Å². The lowest BCUT2D eigenvalue weighted by molar-refractivity contribution is -0.117. The molecule has 1 amide bonds. The van der Waals surface area contributed by atoms with Gasteiger partial charge in [-0.25, -0.2) is 0 Å². The summed E-state index contributed by atoms with van der Waals surface area (Å²) in [5.74, 6) is 0.800. The number of nitrogens with one attached hydrogen (secondary N) is 2. The molecule has 0 spiro atoms. The average molecular weight is 230 g/mol. The Morgan fingerprint density at radius 1 is 1.29 bits per heavy atom. The van der Waals surface area contributed by atoms with E-state index in [2.05, 4.69) is 36.6 Å². The Morgan fingerprint density at radius 3 is 2.59 bits per heavy atom. The van der Waals surface area contributed by atoms with E-state index in [-0.39, 0.29) is 11.9 Å². The number of carbonyl (C=O) groups is 1. The number of hydrogen-bond donors (Lipinski definition) is 2. The van der Waals surface area contributed by atoms with Crippen molar-refractivity contribution in [1.82, 2.24) is 5.32 Å². The molecule has 3 atom stereocenters. The number of aryl methyl sites for hydroxylation is 2. The van der Waals surface area contributed by atoms with Crippen LogP contribution in [0.2, 0.25) is 0 Å². The number of hydrogen-bond acceptors (Lipinski definition) is 2. The molecule has 2 aliphatic rings. The van der Waals surface area contributed by atoms with E-state index in [1.165, 1.54) is 12.0 Å². The number of amides is 1. The van der Waals surface area contributed by atoms with Crippen molar-refractivity contribution in [2.45, 2.75) is 39.3 Å². The zero-order valence-corrected chi connectivity index (χ0v) is 10.5. The quantitative estimate of drug-likeness (QED) is 0.818. The maximum atomic E-state index is 12.0. The van der Waals surface area contributed by atoms with Gasteiger partial charge in [0.25, 0.3) is 0 Å². The molecule has 1 heterocycles. The van der Waals surface area contributed by atoms with Gasteiger partial charge in [-0.2, -0.15) is 0 Å². The summed E-state index contributed by atoms with van der Waals surface area (Å²) < 4.78 is 0. The average Bonchev–Trinajstić information content (AvgIpc) is 2.86. The van der Waals surface area contributed by atoms with Crippen LogP contribution >= 0.6 is 0 Å². The first-order valence-corrected chi connectivity index (χ1v) is 6.25. The molecule has 1 aliphatic carbocycles. The molecular formula is C14H18N2O. The first-order valence-electron chi connectivity index (χ1n) is 6.25. The van der Waals surface area contributed by atoms with E-state index in [0.29, 0.717) is 12.0 Å². The third-order valence-electron chi connectivity index (χ3n) is 3.96. The molecule has 1 aromatic carbocycles. The van der Waals surface area contributed by atoms with Crippen LogP contribution in [-0.4, -0.2) is 11.9 Å². The highest BCUT2D eigenvalue weighted by atomic mass is 16.2. The number of rotatable bonds is 2. The van der Waals surface area contributed by atoms with Gasteiger partial charge in [-0.1, -0.05) is 19.1 Å². The summed E-state index contributed by atoms with van der Waals surface area (Å²) in [5, 5.41) is 6.47. The highest BCUT2D eigenvalue weighted by molar-refractivity contribution is 6.03. The van der Waals surface area contributed by atoms with E-state index in [4.69, 9.17) is 0 Å². The maximum Gasteiger partial charge on any atom is 0.246 e. The summed E-state index contributed by atoms with van der Waals surface area (Å²) in [6.45, 7) is 6.33. The minimum Gasteiger partial charge on any atom is -0.324 e. The molecule has 3 unspecified atom stereocenters. The van der Waals surface area contributed by atoms with Crippen molar-refractivity contribution >= 4 is 11.6 Å². The van der Waals surface area contributed by atoms with Crippen LogP contribution in [0.1, 0.15) is 36.1 Å². The SMILES string of the molecule is Cc1ccc(C)c2c1NC(=O)C2NC1CC1C. The minimum absolute atomic E-state index is 0.0940. The second-order valence-electron chi connectivity index (χ2n) is 5.40. The molecule has 3 heteroatoms. The monoisotopic (exact) mass is 230 g/mol. The van der Waals surface area contributed by atoms with Gasteiger partial charge in [0.05, 0.1) is 0 Å². The van der Waals surface area contributed by atoms with E-state index in [1.807, 2.05) is 6.92 Å². The fourth-order valence-electron chi connectivity index (χ4n) is 2.62. The van der Waals surface area contributed by atoms with Gasteiger partial charge < -0.3 is 5.32 Å². The first kappa shape index (κ1) is 10.8. The topological polar surface area (TPSA) is 41.1 Å². The number of carbonyl (C=O) groups excluding carboxylic acids is 1. The van der Waals surface area contributed by atoms with Crippen molar-refractivity contribution < 1.29 is 4.79 Å². The second kappa shape index (κ2) is 3.57. The van der Waals surface area contributed by atoms with Crippen LogP contribution < -0.4 is 10.6 Å². The van der Waals surface area contributed by atoms with Gasteiger partial charge in [-0.3, -0.25) is 10.1 Å². The molecule has 17 heavy (non-hydrogen) atoms. The summed E-state index contributed by atoms with van der Waals surface area (Å²) >= 11 is 0. The van der Waals surface area contributed by atoms with Gasteiger partial charge in [-0.05, 0) is 37.3 Å². The van der Waals surface area contributed by atoms with Gasteiger partial charge in [0.1, 0.15) is 6.04 Å². The van der Waals surface area contributed by atoms with Gasteiger partial charge in [0.2, 0.25) is 5.91 Å². The maximum absolute atomic E-state index is 12.0. The lowest BCUT2D eigenvalue weighted by atomic mass is 9.99. The summed E-state index contributed by atoms with van der Waals surface area (Å²) in [4.78, 5) is 12.0.